The van der Waals surface area contributed by atoms with Gasteiger partial charge in [0.1, 0.15) is 0 Å². The number of esters is 2. The average Bonchev–Trinajstić information content (AvgIpc) is 2.96. The molecule has 0 heterocycles. The molecule has 0 aliphatic carbocycles. The highest BCUT2D eigenvalue weighted by Crippen LogP contribution is 2.31. The molecule has 3 N–H and O–H groups in total. The SMILES string of the molecule is O=C(NNC(=O)[C@H](OC(=O)c1cccc(C(F)(F)F)c1)[C@@H](OC(=O)c1cccc(C(F)(F)F)c1)C(=O)O)c1ccccc1. The number of hydrogen-bond acceptors (Lipinski definition) is 7. The summed E-state index contributed by atoms with van der Waals surface area (Å²) < 4.78 is 88.1. The maximum Gasteiger partial charge on any atom is 0.416 e. The first kappa shape index (κ1) is 32.1. The molecule has 10 nitrogen and oxygen atoms in total. The summed E-state index contributed by atoms with van der Waals surface area (Å²) >= 11 is 0. The van der Waals surface area contributed by atoms with Crippen LogP contribution in [0, 0.1) is 0 Å². The van der Waals surface area contributed by atoms with Crippen molar-refractivity contribution in [3.63, 3.8) is 0 Å². The van der Waals surface area contributed by atoms with Gasteiger partial charge in [0, 0.05) is 5.56 Å². The van der Waals surface area contributed by atoms with Gasteiger partial charge in [-0.3, -0.25) is 20.4 Å². The van der Waals surface area contributed by atoms with Crippen LogP contribution in [0.25, 0.3) is 0 Å². The van der Waals surface area contributed by atoms with Crippen molar-refractivity contribution in [3.8, 4) is 0 Å². The van der Waals surface area contributed by atoms with Gasteiger partial charge in [-0.15, -0.1) is 0 Å². The van der Waals surface area contributed by atoms with Gasteiger partial charge in [0.25, 0.3) is 11.8 Å². The minimum absolute atomic E-state index is 0.00562. The van der Waals surface area contributed by atoms with E-state index in [1.54, 1.807) is 11.5 Å². The van der Waals surface area contributed by atoms with Crippen LogP contribution in [0.3, 0.4) is 0 Å². The van der Waals surface area contributed by atoms with E-state index in [1.165, 1.54) is 24.3 Å². The molecular formula is C27H18F6N2O8. The predicted molar refractivity (Wildman–Crippen MR) is 131 cm³/mol. The van der Waals surface area contributed by atoms with Crippen LogP contribution in [0.1, 0.15) is 42.2 Å². The number of rotatable bonds is 8. The van der Waals surface area contributed by atoms with Gasteiger partial charge in [-0.05, 0) is 48.5 Å². The van der Waals surface area contributed by atoms with Gasteiger partial charge < -0.3 is 14.6 Å². The first-order valence-corrected chi connectivity index (χ1v) is 11.7. The van der Waals surface area contributed by atoms with Crippen molar-refractivity contribution in [2.75, 3.05) is 0 Å². The lowest BCUT2D eigenvalue weighted by Gasteiger charge is -2.24. The van der Waals surface area contributed by atoms with Gasteiger partial charge in [-0.25, -0.2) is 14.4 Å². The van der Waals surface area contributed by atoms with Gasteiger partial charge in [0.2, 0.25) is 12.2 Å². The highest BCUT2D eigenvalue weighted by molar-refractivity contribution is 5.99. The van der Waals surface area contributed by atoms with Crippen molar-refractivity contribution in [2.45, 2.75) is 24.6 Å². The van der Waals surface area contributed by atoms with Crippen molar-refractivity contribution < 1.29 is 64.9 Å². The Kier molecular flexibility index (Phi) is 9.75. The normalized spacial score (nSPS) is 12.8. The van der Waals surface area contributed by atoms with E-state index in [1.807, 2.05) is 5.43 Å². The van der Waals surface area contributed by atoms with Gasteiger partial charge in [-0.2, -0.15) is 26.3 Å². The van der Waals surface area contributed by atoms with Gasteiger partial charge in [0.15, 0.2) is 0 Å². The molecule has 0 aromatic heterocycles. The van der Waals surface area contributed by atoms with E-state index >= 15 is 0 Å². The molecule has 2 atom stereocenters. The number of ether oxygens (including phenoxy) is 2. The molecule has 226 valence electrons. The van der Waals surface area contributed by atoms with Gasteiger partial charge >= 0.3 is 30.3 Å². The summed E-state index contributed by atoms with van der Waals surface area (Å²) in [7, 11) is 0. The molecule has 0 aliphatic heterocycles. The molecule has 0 saturated carbocycles. The molecule has 0 fully saturated rings. The van der Waals surface area contributed by atoms with E-state index < -0.39 is 76.5 Å². The Hall–Kier alpha value is -5.41. The number of carbonyl (C=O) groups excluding carboxylic acids is 4. The lowest BCUT2D eigenvalue weighted by Crippen LogP contribution is -2.54. The number of alkyl halides is 6. The third-order valence-electron chi connectivity index (χ3n) is 5.43. The maximum absolute atomic E-state index is 13.1. The van der Waals surface area contributed by atoms with Gasteiger partial charge in [0.05, 0.1) is 22.3 Å². The van der Waals surface area contributed by atoms with Crippen molar-refractivity contribution in [3.05, 3.63) is 107 Å². The number of hydrogen-bond donors (Lipinski definition) is 3. The minimum atomic E-state index is -4.90. The van der Waals surface area contributed by atoms with E-state index in [0.717, 1.165) is 24.3 Å². The fraction of sp³-hybridized carbons (Fsp3) is 0.148. The number of hydrazine groups is 1. The monoisotopic (exact) mass is 612 g/mol. The van der Waals surface area contributed by atoms with E-state index in [-0.39, 0.29) is 5.56 Å². The minimum Gasteiger partial charge on any atom is -0.478 e. The molecule has 3 aromatic rings. The van der Waals surface area contributed by atoms with Crippen molar-refractivity contribution in [1.82, 2.24) is 10.9 Å². The summed E-state index contributed by atoms with van der Waals surface area (Å²) in [6.45, 7) is 0. The lowest BCUT2D eigenvalue weighted by molar-refractivity contribution is -0.159. The number of carboxylic acids is 1. The van der Waals surface area contributed by atoms with Crippen LogP contribution in [0.4, 0.5) is 26.3 Å². The van der Waals surface area contributed by atoms with Crippen molar-refractivity contribution in [1.29, 1.82) is 0 Å². The maximum atomic E-state index is 13.1. The van der Waals surface area contributed by atoms with Gasteiger partial charge in [-0.1, -0.05) is 30.3 Å². The van der Waals surface area contributed by atoms with Crippen LogP contribution in [0.2, 0.25) is 0 Å². The molecular weight excluding hydrogens is 594 g/mol. The second kappa shape index (κ2) is 13.1. The Morgan fingerprint density at radius 1 is 0.605 bits per heavy atom. The third kappa shape index (κ3) is 8.54. The smallest absolute Gasteiger partial charge is 0.416 e. The molecule has 0 unspecified atom stereocenters. The summed E-state index contributed by atoms with van der Waals surface area (Å²) in [6.07, 6.45) is -15.2. The molecule has 43 heavy (non-hydrogen) atoms. The number of nitrogens with one attached hydrogen (secondary N) is 2. The van der Waals surface area contributed by atoms with Crippen LogP contribution in [0.5, 0.6) is 0 Å². The first-order valence-electron chi connectivity index (χ1n) is 11.7. The highest BCUT2D eigenvalue weighted by atomic mass is 19.4. The Labute approximate surface area is 237 Å². The zero-order valence-electron chi connectivity index (χ0n) is 21.2. The Bertz CT molecular complexity index is 1530. The average molecular weight is 612 g/mol. The molecule has 3 aromatic carbocycles. The van der Waals surface area contributed by atoms with Crippen molar-refractivity contribution >= 4 is 29.7 Å². The van der Waals surface area contributed by atoms with E-state index in [4.69, 9.17) is 9.47 Å². The zero-order valence-corrected chi connectivity index (χ0v) is 21.2. The van der Waals surface area contributed by atoms with Crippen LogP contribution >= 0.6 is 0 Å². The Balaban J connectivity index is 1.92. The third-order valence-corrected chi connectivity index (χ3v) is 5.43. The van der Waals surface area contributed by atoms with E-state index in [2.05, 4.69) is 0 Å². The molecule has 2 amide bonds. The second-order valence-electron chi connectivity index (χ2n) is 8.46. The second-order valence-corrected chi connectivity index (χ2v) is 8.46. The predicted octanol–water partition coefficient (Wildman–Crippen LogP) is 4.02. The summed E-state index contributed by atoms with van der Waals surface area (Å²) in [5.41, 5.74) is -0.561. The summed E-state index contributed by atoms with van der Waals surface area (Å²) in [6, 6.07) is 12.3. The summed E-state index contributed by atoms with van der Waals surface area (Å²) in [5.74, 6) is -8.09. The van der Waals surface area contributed by atoms with Crippen LogP contribution < -0.4 is 10.9 Å². The zero-order chi connectivity index (χ0) is 31.9. The number of carboxylic acid groups (broad SMARTS) is 1. The number of benzene rings is 3. The lowest BCUT2D eigenvalue weighted by atomic mass is 10.1. The standard InChI is InChI=1S/C27H18F6N2O8/c28-26(29,30)17-10-4-8-15(12-17)24(40)42-19(22(37)35-34-21(36)14-6-2-1-3-7-14)20(23(38)39)43-25(41)16-9-5-11-18(13-16)27(31,32)33/h1-13,19-20H,(H,34,36)(H,35,37)(H,38,39)/t19-,20-/m1/s1. The fourth-order valence-electron chi connectivity index (χ4n) is 3.36. The molecule has 0 radical (unpaired) electrons. The fourth-order valence-corrected chi connectivity index (χ4v) is 3.36. The molecule has 0 bridgehead atoms. The van der Waals surface area contributed by atoms with Crippen LogP contribution in [-0.4, -0.2) is 47.0 Å². The number of amides is 2. The Morgan fingerprint density at radius 2 is 1.05 bits per heavy atom. The number of carbonyl (C=O) groups is 5. The summed E-state index contributed by atoms with van der Waals surface area (Å²) in [4.78, 5) is 62.6. The molecule has 0 saturated heterocycles. The molecule has 16 heteroatoms. The molecule has 0 aliphatic rings. The summed E-state index contributed by atoms with van der Waals surface area (Å²) in [5, 5.41) is 9.70. The quantitative estimate of drug-likeness (QED) is 0.196. The molecule has 0 spiro atoms. The topological polar surface area (TPSA) is 148 Å². The molecule has 3 rings (SSSR count). The van der Waals surface area contributed by atoms with Crippen LogP contribution in [-0.2, 0) is 31.4 Å². The van der Waals surface area contributed by atoms with E-state index in [0.29, 0.717) is 24.3 Å². The number of aliphatic carboxylic acids is 1. The highest BCUT2D eigenvalue weighted by Gasteiger charge is 2.42. The Morgan fingerprint density at radius 3 is 1.49 bits per heavy atom. The largest absolute Gasteiger partial charge is 0.478 e. The van der Waals surface area contributed by atoms with Crippen molar-refractivity contribution in [2.24, 2.45) is 0 Å². The first-order chi connectivity index (χ1) is 20.1. The van der Waals surface area contributed by atoms with E-state index in [9.17, 15) is 55.4 Å². The number of halogens is 6. The van der Waals surface area contributed by atoms with Crippen LogP contribution in [0.15, 0.2) is 78.9 Å².